The lowest BCUT2D eigenvalue weighted by atomic mass is 10.2. The Hall–Kier alpha value is -2.14. The monoisotopic (exact) mass is 284 g/mol. The van der Waals surface area contributed by atoms with Crippen molar-refractivity contribution in [2.75, 3.05) is 36.0 Å². The van der Waals surface area contributed by atoms with E-state index in [0.29, 0.717) is 0 Å². The predicted molar refractivity (Wildman–Crippen MR) is 83.6 cm³/mol. The summed E-state index contributed by atoms with van der Waals surface area (Å²) in [7, 11) is 0. The summed E-state index contributed by atoms with van der Waals surface area (Å²) in [4.78, 5) is 13.5. The van der Waals surface area contributed by atoms with E-state index < -0.39 is 0 Å². The largest absolute Gasteiger partial charge is 0.392 e. The Bertz CT molecular complexity index is 594. The second-order valence-electron chi connectivity index (χ2n) is 5.30. The van der Waals surface area contributed by atoms with E-state index in [9.17, 15) is 5.11 Å². The number of aromatic nitrogens is 2. The average Bonchev–Trinajstić information content (AvgIpc) is 2.55. The minimum Gasteiger partial charge on any atom is -0.392 e. The van der Waals surface area contributed by atoms with E-state index >= 15 is 0 Å². The summed E-state index contributed by atoms with van der Waals surface area (Å²) in [6.45, 7) is 5.72. The zero-order valence-electron chi connectivity index (χ0n) is 12.2. The third-order valence-corrected chi connectivity index (χ3v) is 3.76. The Kier molecular flexibility index (Phi) is 4.01. The number of anilines is 2. The molecule has 1 aliphatic heterocycles. The molecule has 0 radical (unpaired) electrons. The van der Waals surface area contributed by atoms with Crippen LogP contribution in [0.1, 0.15) is 11.3 Å². The molecule has 2 aromatic heterocycles. The van der Waals surface area contributed by atoms with Crippen LogP contribution in [0.5, 0.6) is 0 Å². The first kappa shape index (κ1) is 13.8. The number of hydrogen-bond acceptors (Lipinski definition) is 5. The summed E-state index contributed by atoms with van der Waals surface area (Å²) >= 11 is 0. The van der Waals surface area contributed by atoms with Crippen LogP contribution in [0.25, 0.3) is 0 Å². The maximum atomic E-state index is 9.31. The molecule has 3 heterocycles. The second-order valence-corrected chi connectivity index (χ2v) is 5.30. The smallest absolute Gasteiger partial charge is 0.129 e. The molecule has 3 rings (SSSR count). The fourth-order valence-corrected chi connectivity index (χ4v) is 2.68. The molecule has 21 heavy (non-hydrogen) atoms. The fourth-order valence-electron chi connectivity index (χ4n) is 2.68. The Morgan fingerprint density at radius 2 is 1.76 bits per heavy atom. The normalized spacial score (nSPS) is 15.3. The van der Waals surface area contributed by atoms with Crippen LogP contribution < -0.4 is 9.80 Å². The maximum absolute atomic E-state index is 9.31. The van der Waals surface area contributed by atoms with Gasteiger partial charge in [0.05, 0.1) is 6.61 Å². The van der Waals surface area contributed by atoms with Crippen molar-refractivity contribution in [3.63, 3.8) is 0 Å². The van der Waals surface area contributed by atoms with Gasteiger partial charge in [-0.05, 0) is 36.8 Å². The Balaban J connectivity index is 1.70. The molecule has 1 fully saturated rings. The molecule has 0 saturated carbocycles. The molecule has 0 bridgehead atoms. The van der Waals surface area contributed by atoms with E-state index in [-0.39, 0.29) is 6.61 Å². The van der Waals surface area contributed by atoms with Crippen LogP contribution >= 0.6 is 0 Å². The molecule has 1 aliphatic rings. The Labute approximate surface area is 124 Å². The van der Waals surface area contributed by atoms with E-state index in [1.54, 1.807) is 0 Å². The second kappa shape index (κ2) is 6.10. The Morgan fingerprint density at radius 1 is 1.05 bits per heavy atom. The fraction of sp³-hybridized carbons (Fsp3) is 0.375. The number of piperazine rings is 1. The van der Waals surface area contributed by atoms with E-state index in [2.05, 4.69) is 19.8 Å². The van der Waals surface area contributed by atoms with Gasteiger partial charge in [-0.1, -0.05) is 6.07 Å². The van der Waals surface area contributed by atoms with Crippen LogP contribution in [0, 0.1) is 6.92 Å². The first-order valence-electron chi connectivity index (χ1n) is 7.25. The minimum atomic E-state index is 0.0598. The lowest BCUT2D eigenvalue weighted by Gasteiger charge is -2.36. The van der Waals surface area contributed by atoms with Gasteiger partial charge in [-0.3, -0.25) is 0 Å². The van der Waals surface area contributed by atoms with Crippen molar-refractivity contribution in [1.29, 1.82) is 0 Å². The van der Waals surface area contributed by atoms with Crippen LogP contribution in [-0.2, 0) is 6.61 Å². The lowest BCUT2D eigenvalue weighted by Crippen LogP contribution is -2.47. The third kappa shape index (κ3) is 3.13. The SMILES string of the molecule is Cc1cc(CO)cc(N2CCN(c3ccccn3)CC2)n1. The van der Waals surface area contributed by atoms with Gasteiger partial charge in [0.1, 0.15) is 11.6 Å². The maximum Gasteiger partial charge on any atom is 0.129 e. The van der Waals surface area contributed by atoms with Crippen LogP contribution in [0.4, 0.5) is 11.6 Å². The summed E-state index contributed by atoms with van der Waals surface area (Å²) in [5.74, 6) is 1.99. The topological polar surface area (TPSA) is 52.5 Å². The summed E-state index contributed by atoms with van der Waals surface area (Å²) in [6.07, 6.45) is 1.83. The summed E-state index contributed by atoms with van der Waals surface area (Å²) in [5.41, 5.74) is 1.87. The molecular formula is C16H20N4O. The van der Waals surface area contributed by atoms with Crippen LogP contribution in [0.15, 0.2) is 36.5 Å². The summed E-state index contributed by atoms with van der Waals surface area (Å²) < 4.78 is 0. The van der Waals surface area contributed by atoms with Gasteiger partial charge in [-0.2, -0.15) is 0 Å². The molecule has 5 nitrogen and oxygen atoms in total. The number of rotatable bonds is 3. The van der Waals surface area contributed by atoms with E-state index in [4.69, 9.17) is 0 Å². The van der Waals surface area contributed by atoms with Crippen LogP contribution in [0.3, 0.4) is 0 Å². The van der Waals surface area contributed by atoms with Crippen molar-refractivity contribution in [3.8, 4) is 0 Å². The number of aryl methyl sites for hydroxylation is 1. The van der Waals surface area contributed by atoms with Crippen LogP contribution in [-0.4, -0.2) is 41.3 Å². The molecule has 0 unspecified atom stereocenters. The molecule has 5 heteroatoms. The molecule has 1 N–H and O–H groups in total. The molecule has 1 saturated heterocycles. The zero-order valence-corrected chi connectivity index (χ0v) is 12.2. The predicted octanol–water partition coefficient (Wildman–Crippen LogP) is 1.60. The van der Waals surface area contributed by atoms with E-state index in [1.807, 2.05) is 43.5 Å². The first-order valence-corrected chi connectivity index (χ1v) is 7.25. The number of aliphatic hydroxyl groups excluding tert-OH is 1. The summed E-state index contributed by atoms with van der Waals surface area (Å²) in [5, 5.41) is 9.31. The van der Waals surface area contributed by atoms with Crippen molar-refractivity contribution >= 4 is 11.6 Å². The Morgan fingerprint density at radius 3 is 2.38 bits per heavy atom. The summed E-state index contributed by atoms with van der Waals surface area (Å²) in [6, 6.07) is 9.90. The highest BCUT2D eigenvalue weighted by Gasteiger charge is 2.19. The van der Waals surface area contributed by atoms with Gasteiger partial charge in [-0.15, -0.1) is 0 Å². The number of aliphatic hydroxyl groups is 1. The van der Waals surface area contributed by atoms with Gasteiger partial charge >= 0.3 is 0 Å². The molecular weight excluding hydrogens is 264 g/mol. The van der Waals surface area contributed by atoms with E-state index in [0.717, 1.165) is 49.1 Å². The molecule has 0 aliphatic carbocycles. The molecule has 0 atom stereocenters. The van der Waals surface area contributed by atoms with Crippen molar-refractivity contribution in [2.24, 2.45) is 0 Å². The van der Waals surface area contributed by atoms with Crippen LogP contribution in [0.2, 0.25) is 0 Å². The average molecular weight is 284 g/mol. The van der Waals surface area contributed by atoms with Gasteiger partial charge in [-0.25, -0.2) is 9.97 Å². The molecule has 0 amide bonds. The van der Waals surface area contributed by atoms with Gasteiger partial charge in [0, 0.05) is 38.1 Å². The number of pyridine rings is 2. The number of nitrogens with zero attached hydrogens (tertiary/aromatic N) is 4. The quantitative estimate of drug-likeness (QED) is 0.928. The highest BCUT2D eigenvalue weighted by molar-refractivity contribution is 5.46. The molecule has 110 valence electrons. The van der Waals surface area contributed by atoms with Crippen molar-refractivity contribution in [1.82, 2.24) is 9.97 Å². The van der Waals surface area contributed by atoms with Crippen molar-refractivity contribution in [2.45, 2.75) is 13.5 Å². The van der Waals surface area contributed by atoms with Gasteiger partial charge < -0.3 is 14.9 Å². The number of hydrogen-bond donors (Lipinski definition) is 1. The zero-order chi connectivity index (χ0) is 14.7. The standard InChI is InChI=1S/C16H20N4O/c1-13-10-14(12-21)11-16(18-13)20-8-6-19(7-9-20)15-4-2-3-5-17-15/h2-5,10-11,21H,6-9,12H2,1H3. The highest BCUT2D eigenvalue weighted by atomic mass is 16.3. The molecule has 0 spiro atoms. The minimum absolute atomic E-state index is 0.0598. The van der Waals surface area contributed by atoms with Crippen molar-refractivity contribution in [3.05, 3.63) is 47.8 Å². The first-order chi connectivity index (χ1) is 10.3. The van der Waals surface area contributed by atoms with Gasteiger partial charge in [0.25, 0.3) is 0 Å². The lowest BCUT2D eigenvalue weighted by molar-refractivity contribution is 0.281. The highest BCUT2D eigenvalue weighted by Crippen LogP contribution is 2.19. The molecule has 0 aromatic carbocycles. The van der Waals surface area contributed by atoms with Gasteiger partial charge in [0.2, 0.25) is 0 Å². The van der Waals surface area contributed by atoms with Gasteiger partial charge in [0.15, 0.2) is 0 Å². The third-order valence-electron chi connectivity index (χ3n) is 3.76. The molecule has 2 aromatic rings. The van der Waals surface area contributed by atoms with Crippen molar-refractivity contribution < 1.29 is 5.11 Å². The van der Waals surface area contributed by atoms with E-state index in [1.165, 1.54) is 0 Å².